The molecule has 9 aromatic carbocycles. The molecule has 1 atom stereocenters. The fraction of sp³-hybridized carbons (Fsp3) is 0.0370. The van der Waals surface area contributed by atoms with Crippen LogP contribution in [0.15, 0.2) is 206 Å². The molecule has 1 heterocycles. The highest BCUT2D eigenvalue weighted by atomic mass is 16.5. The van der Waals surface area contributed by atoms with E-state index in [2.05, 4.69) is 206 Å². The molecule has 0 saturated carbocycles. The summed E-state index contributed by atoms with van der Waals surface area (Å²) in [7, 11) is 0. The van der Waals surface area contributed by atoms with Crippen LogP contribution < -0.4 is 4.74 Å². The van der Waals surface area contributed by atoms with Crippen LogP contribution in [0.5, 0.6) is 11.5 Å². The summed E-state index contributed by atoms with van der Waals surface area (Å²) in [6.07, 6.45) is 0. The summed E-state index contributed by atoms with van der Waals surface area (Å²) < 4.78 is 6.79. The molecule has 1 unspecified atom stereocenters. The van der Waals surface area contributed by atoms with Crippen LogP contribution in [0.1, 0.15) is 44.5 Å². The molecule has 0 N–H and O–H groups in total. The summed E-state index contributed by atoms with van der Waals surface area (Å²) in [5.41, 5.74) is 16.6. The Hall–Kier alpha value is -6.96. The first-order valence-electron chi connectivity index (χ1n) is 19.2. The van der Waals surface area contributed by atoms with Crippen LogP contribution in [0, 0.1) is 0 Å². The maximum atomic E-state index is 6.79. The van der Waals surface area contributed by atoms with Gasteiger partial charge in [-0.2, -0.15) is 0 Å². The van der Waals surface area contributed by atoms with E-state index in [0.717, 1.165) is 11.5 Å². The van der Waals surface area contributed by atoms with E-state index in [4.69, 9.17) is 4.74 Å². The third-order valence-electron chi connectivity index (χ3n) is 12.6. The third kappa shape index (κ3) is 3.92. The van der Waals surface area contributed by atoms with Gasteiger partial charge in [-0.25, -0.2) is 0 Å². The van der Waals surface area contributed by atoms with Crippen LogP contribution in [0.25, 0.3) is 44.2 Å². The number of hydrogen-bond acceptors (Lipinski definition) is 1. The number of fused-ring (bicyclic) bond motifs is 13. The van der Waals surface area contributed by atoms with Crippen molar-refractivity contribution in [1.82, 2.24) is 0 Å². The lowest BCUT2D eigenvalue weighted by molar-refractivity contribution is 0.436. The molecule has 12 rings (SSSR count). The zero-order valence-corrected chi connectivity index (χ0v) is 30.0. The highest BCUT2D eigenvalue weighted by Gasteiger charge is 2.51. The molecule has 1 nitrogen and oxygen atoms in total. The molecule has 0 aromatic heterocycles. The zero-order valence-electron chi connectivity index (χ0n) is 30.0. The molecule has 55 heavy (non-hydrogen) atoms. The van der Waals surface area contributed by atoms with Gasteiger partial charge < -0.3 is 4.74 Å². The van der Waals surface area contributed by atoms with E-state index in [1.807, 2.05) is 0 Å². The lowest BCUT2D eigenvalue weighted by Gasteiger charge is -2.39. The third-order valence-corrected chi connectivity index (χ3v) is 12.6. The topological polar surface area (TPSA) is 9.23 Å². The lowest BCUT2D eigenvalue weighted by atomic mass is 9.65. The van der Waals surface area contributed by atoms with Crippen LogP contribution in [0.3, 0.4) is 0 Å². The minimum Gasteiger partial charge on any atom is -0.457 e. The molecule has 0 saturated heterocycles. The molecular weight excluding hydrogens is 665 g/mol. The van der Waals surface area contributed by atoms with Gasteiger partial charge in [-0.1, -0.05) is 182 Å². The second-order valence-corrected chi connectivity index (χ2v) is 15.1. The molecule has 1 spiro atoms. The van der Waals surface area contributed by atoms with Crippen molar-refractivity contribution >= 4 is 10.8 Å². The Kier molecular flexibility index (Phi) is 6.25. The predicted octanol–water partition coefficient (Wildman–Crippen LogP) is 13.3. The summed E-state index contributed by atoms with van der Waals surface area (Å²) in [6, 6.07) is 76.3. The standard InChI is InChI=1S/C54H34O/c1-2-17-38(18-3-1)53(44-27-14-16-35-15-4-5-19-39(35)44)45-23-9-6-22-42(45)43-31-29-36(33-49(43)53)37-30-32-52-50(34-37)54(48-26-12-13-28-51(48)55-52)46-24-10-7-20-40(46)41-21-8-11-25-47(41)54/h1-34H. The van der Waals surface area contributed by atoms with Gasteiger partial charge in [0.1, 0.15) is 11.5 Å². The molecule has 9 aromatic rings. The number of para-hydroxylation sites is 1. The van der Waals surface area contributed by atoms with Gasteiger partial charge in [0.15, 0.2) is 0 Å². The van der Waals surface area contributed by atoms with Crippen molar-refractivity contribution in [3.63, 3.8) is 0 Å². The minimum absolute atomic E-state index is 0.517. The molecule has 0 bridgehead atoms. The van der Waals surface area contributed by atoms with Crippen LogP contribution in [0.2, 0.25) is 0 Å². The van der Waals surface area contributed by atoms with Crippen molar-refractivity contribution < 1.29 is 4.74 Å². The summed E-state index contributed by atoms with van der Waals surface area (Å²) in [5.74, 6) is 1.81. The van der Waals surface area contributed by atoms with Crippen molar-refractivity contribution in [1.29, 1.82) is 0 Å². The maximum Gasteiger partial charge on any atom is 0.132 e. The van der Waals surface area contributed by atoms with E-state index in [1.54, 1.807) is 0 Å². The SMILES string of the molecule is c1ccc(C2(c3cccc4ccccc34)c3ccccc3-c3ccc(-c4ccc5c(c4)C4(c6ccccc6O5)c5ccccc5-c5ccccc54)cc32)cc1. The van der Waals surface area contributed by atoms with E-state index >= 15 is 0 Å². The largest absolute Gasteiger partial charge is 0.457 e. The van der Waals surface area contributed by atoms with Crippen LogP contribution in [-0.4, -0.2) is 0 Å². The zero-order chi connectivity index (χ0) is 36.1. The Balaban J connectivity index is 1.14. The van der Waals surface area contributed by atoms with Crippen LogP contribution in [0.4, 0.5) is 0 Å². The molecule has 1 heteroatoms. The van der Waals surface area contributed by atoms with Gasteiger partial charge in [0.05, 0.1) is 10.8 Å². The first kappa shape index (κ1) is 30.5. The van der Waals surface area contributed by atoms with Gasteiger partial charge in [-0.3, -0.25) is 0 Å². The van der Waals surface area contributed by atoms with Gasteiger partial charge in [-0.15, -0.1) is 0 Å². The van der Waals surface area contributed by atoms with Crippen molar-refractivity contribution in [3.8, 4) is 44.9 Å². The van der Waals surface area contributed by atoms with E-state index in [9.17, 15) is 0 Å². The summed E-state index contributed by atoms with van der Waals surface area (Å²) in [6.45, 7) is 0. The molecule has 0 amide bonds. The van der Waals surface area contributed by atoms with Gasteiger partial charge in [0, 0.05) is 11.1 Å². The first-order chi connectivity index (χ1) is 27.3. The molecule has 0 fully saturated rings. The molecule has 0 radical (unpaired) electrons. The summed E-state index contributed by atoms with van der Waals surface area (Å²) in [5, 5.41) is 2.52. The minimum atomic E-state index is -0.523. The van der Waals surface area contributed by atoms with Gasteiger partial charge in [0.2, 0.25) is 0 Å². The van der Waals surface area contributed by atoms with E-state index < -0.39 is 10.8 Å². The molecule has 3 aliphatic rings. The number of hydrogen-bond donors (Lipinski definition) is 0. The van der Waals surface area contributed by atoms with Gasteiger partial charge >= 0.3 is 0 Å². The number of rotatable bonds is 3. The predicted molar refractivity (Wildman–Crippen MR) is 224 cm³/mol. The normalized spacial score (nSPS) is 16.4. The molecular formula is C54H34O. The van der Waals surface area contributed by atoms with Gasteiger partial charge in [0.25, 0.3) is 0 Å². The highest BCUT2D eigenvalue weighted by Crippen LogP contribution is 2.63. The highest BCUT2D eigenvalue weighted by molar-refractivity contribution is 5.95. The Morgan fingerprint density at radius 1 is 0.291 bits per heavy atom. The van der Waals surface area contributed by atoms with Crippen LogP contribution in [-0.2, 0) is 10.8 Å². The first-order valence-corrected chi connectivity index (χ1v) is 19.2. The number of ether oxygens (including phenoxy) is 1. The molecule has 256 valence electrons. The average molecular weight is 699 g/mol. The molecule has 2 aliphatic carbocycles. The smallest absolute Gasteiger partial charge is 0.132 e. The van der Waals surface area contributed by atoms with Gasteiger partial charge in [-0.05, 0) is 102 Å². The van der Waals surface area contributed by atoms with Crippen molar-refractivity contribution in [2.24, 2.45) is 0 Å². The summed E-state index contributed by atoms with van der Waals surface area (Å²) >= 11 is 0. The summed E-state index contributed by atoms with van der Waals surface area (Å²) in [4.78, 5) is 0. The quantitative estimate of drug-likeness (QED) is 0.178. The molecule has 1 aliphatic heterocycles. The van der Waals surface area contributed by atoms with Crippen molar-refractivity contribution in [2.45, 2.75) is 10.8 Å². The second-order valence-electron chi connectivity index (χ2n) is 15.1. The Morgan fingerprint density at radius 3 is 1.51 bits per heavy atom. The monoisotopic (exact) mass is 698 g/mol. The Labute approximate surface area is 320 Å². The van der Waals surface area contributed by atoms with Crippen molar-refractivity contribution in [3.05, 3.63) is 251 Å². The van der Waals surface area contributed by atoms with E-state index in [-0.39, 0.29) is 0 Å². The van der Waals surface area contributed by atoms with E-state index in [1.165, 1.54) is 88.7 Å². The maximum absolute atomic E-state index is 6.79. The second kappa shape index (κ2) is 11.3. The number of benzene rings is 9. The Morgan fingerprint density at radius 2 is 0.782 bits per heavy atom. The lowest BCUT2D eigenvalue weighted by Crippen LogP contribution is -2.32. The average Bonchev–Trinajstić information content (AvgIpc) is 3.72. The van der Waals surface area contributed by atoms with Crippen molar-refractivity contribution in [2.75, 3.05) is 0 Å². The fourth-order valence-corrected chi connectivity index (χ4v) is 10.5. The fourth-order valence-electron chi connectivity index (χ4n) is 10.5. The Bertz CT molecular complexity index is 2980. The van der Waals surface area contributed by atoms with E-state index in [0.29, 0.717) is 0 Å². The van der Waals surface area contributed by atoms with Crippen LogP contribution >= 0.6 is 0 Å².